The van der Waals surface area contributed by atoms with Crippen molar-refractivity contribution in [3.05, 3.63) is 78.0 Å². The molecule has 3 aromatic rings. The molecule has 1 aromatic heterocycles. The maximum absolute atomic E-state index is 13.0. The van der Waals surface area contributed by atoms with Gasteiger partial charge in [-0.2, -0.15) is 4.98 Å². The van der Waals surface area contributed by atoms with Gasteiger partial charge in [-0.1, -0.05) is 12.1 Å². The minimum absolute atomic E-state index is 0.206. The van der Waals surface area contributed by atoms with E-state index in [0.29, 0.717) is 17.6 Å². The molecule has 0 saturated carbocycles. The standard InChI is InChI=1S/C22H22F2N4O/c23-17-3-1-16(2-4-17)15-28-13-10-19(11-14-28)26-22-25-12-9-21(27-22)29-20-7-5-18(24)6-8-20/h1-9,12,19H,10-11,13-15H2,(H,25,26,27). The monoisotopic (exact) mass is 396 g/mol. The van der Waals surface area contributed by atoms with E-state index in [1.165, 1.54) is 24.3 Å². The third-order valence-corrected chi connectivity index (χ3v) is 4.91. The number of likely N-dealkylation sites (tertiary alicyclic amines) is 1. The van der Waals surface area contributed by atoms with Crippen molar-refractivity contribution in [3.63, 3.8) is 0 Å². The van der Waals surface area contributed by atoms with E-state index in [2.05, 4.69) is 20.2 Å². The van der Waals surface area contributed by atoms with Crippen molar-refractivity contribution in [1.29, 1.82) is 0 Å². The Hall–Kier alpha value is -3.06. The molecule has 29 heavy (non-hydrogen) atoms. The van der Waals surface area contributed by atoms with Gasteiger partial charge in [0.25, 0.3) is 0 Å². The van der Waals surface area contributed by atoms with Gasteiger partial charge in [-0.05, 0) is 54.8 Å². The van der Waals surface area contributed by atoms with Crippen LogP contribution in [0, 0.1) is 11.6 Å². The van der Waals surface area contributed by atoms with Gasteiger partial charge in [0.15, 0.2) is 0 Å². The molecule has 1 saturated heterocycles. The Morgan fingerprint density at radius 2 is 1.59 bits per heavy atom. The summed E-state index contributed by atoms with van der Waals surface area (Å²) in [5, 5.41) is 3.37. The lowest BCUT2D eigenvalue weighted by Gasteiger charge is -2.32. The zero-order valence-electron chi connectivity index (χ0n) is 15.9. The highest BCUT2D eigenvalue weighted by Crippen LogP contribution is 2.21. The summed E-state index contributed by atoms with van der Waals surface area (Å²) < 4.78 is 31.7. The Bertz CT molecular complexity index is 926. The first-order valence-corrected chi connectivity index (χ1v) is 9.64. The lowest BCUT2D eigenvalue weighted by molar-refractivity contribution is 0.211. The minimum Gasteiger partial charge on any atom is -0.439 e. The molecule has 2 heterocycles. The number of rotatable bonds is 6. The van der Waals surface area contributed by atoms with Crippen LogP contribution in [-0.2, 0) is 6.54 Å². The number of piperidine rings is 1. The summed E-state index contributed by atoms with van der Waals surface area (Å²) in [5.41, 5.74) is 1.12. The van der Waals surface area contributed by atoms with E-state index in [1.807, 2.05) is 12.1 Å². The lowest BCUT2D eigenvalue weighted by atomic mass is 10.0. The van der Waals surface area contributed by atoms with Gasteiger partial charge in [-0.15, -0.1) is 0 Å². The molecular formula is C22H22F2N4O. The van der Waals surface area contributed by atoms with Gasteiger partial charge in [-0.3, -0.25) is 4.90 Å². The highest BCUT2D eigenvalue weighted by atomic mass is 19.1. The first-order chi connectivity index (χ1) is 14.1. The zero-order valence-corrected chi connectivity index (χ0v) is 15.9. The van der Waals surface area contributed by atoms with Crippen molar-refractivity contribution in [3.8, 4) is 11.6 Å². The average molecular weight is 396 g/mol. The van der Waals surface area contributed by atoms with Crippen molar-refractivity contribution in [1.82, 2.24) is 14.9 Å². The Balaban J connectivity index is 1.29. The van der Waals surface area contributed by atoms with Gasteiger partial charge in [0.2, 0.25) is 11.8 Å². The summed E-state index contributed by atoms with van der Waals surface area (Å²) >= 11 is 0. The normalized spacial score (nSPS) is 15.2. The van der Waals surface area contributed by atoms with E-state index in [9.17, 15) is 8.78 Å². The van der Waals surface area contributed by atoms with Crippen LogP contribution in [0.2, 0.25) is 0 Å². The van der Waals surface area contributed by atoms with E-state index in [0.717, 1.165) is 38.0 Å². The highest BCUT2D eigenvalue weighted by molar-refractivity contribution is 5.32. The molecule has 4 rings (SSSR count). The first kappa shape index (κ1) is 19.3. The number of aromatic nitrogens is 2. The molecule has 1 aliphatic heterocycles. The molecule has 1 fully saturated rings. The predicted octanol–water partition coefficient (Wildman–Crippen LogP) is 4.62. The summed E-state index contributed by atoms with van der Waals surface area (Å²) in [6, 6.07) is 14.4. The highest BCUT2D eigenvalue weighted by Gasteiger charge is 2.20. The van der Waals surface area contributed by atoms with Crippen LogP contribution in [0.5, 0.6) is 11.6 Å². The van der Waals surface area contributed by atoms with Gasteiger partial charge in [-0.25, -0.2) is 13.8 Å². The molecule has 150 valence electrons. The molecule has 1 aliphatic rings. The fourth-order valence-electron chi connectivity index (χ4n) is 3.36. The van der Waals surface area contributed by atoms with E-state index in [4.69, 9.17) is 4.74 Å². The third kappa shape index (κ3) is 5.48. The summed E-state index contributed by atoms with van der Waals surface area (Å²) in [4.78, 5) is 11.0. The summed E-state index contributed by atoms with van der Waals surface area (Å²) in [6.45, 7) is 2.71. The Kier molecular flexibility index (Phi) is 5.95. The van der Waals surface area contributed by atoms with E-state index in [-0.39, 0.29) is 17.7 Å². The van der Waals surface area contributed by atoms with Crippen LogP contribution in [0.15, 0.2) is 60.8 Å². The second-order valence-corrected chi connectivity index (χ2v) is 7.10. The van der Waals surface area contributed by atoms with Crippen molar-refractivity contribution in [2.75, 3.05) is 18.4 Å². The molecule has 1 N–H and O–H groups in total. The van der Waals surface area contributed by atoms with Gasteiger partial charge >= 0.3 is 0 Å². The first-order valence-electron chi connectivity index (χ1n) is 9.64. The van der Waals surface area contributed by atoms with E-state index in [1.54, 1.807) is 24.4 Å². The van der Waals surface area contributed by atoms with Crippen molar-refractivity contribution >= 4 is 5.95 Å². The molecule has 0 bridgehead atoms. The molecule has 5 nitrogen and oxygen atoms in total. The Morgan fingerprint density at radius 3 is 2.28 bits per heavy atom. The van der Waals surface area contributed by atoms with Crippen LogP contribution in [0.4, 0.5) is 14.7 Å². The van der Waals surface area contributed by atoms with Gasteiger partial charge in [0.1, 0.15) is 17.4 Å². The van der Waals surface area contributed by atoms with Crippen LogP contribution in [0.3, 0.4) is 0 Å². The van der Waals surface area contributed by atoms with Crippen LogP contribution in [-0.4, -0.2) is 34.0 Å². The van der Waals surface area contributed by atoms with E-state index >= 15 is 0 Å². The van der Waals surface area contributed by atoms with Gasteiger partial charge < -0.3 is 10.1 Å². The molecule has 0 unspecified atom stereocenters. The topological polar surface area (TPSA) is 50.3 Å². The Labute approximate surface area is 168 Å². The molecule has 0 amide bonds. The van der Waals surface area contributed by atoms with Crippen molar-refractivity contribution in [2.24, 2.45) is 0 Å². The molecular weight excluding hydrogens is 374 g/mol. The van der Waals surface area contributed by atoms with Gasteiger partial charge in [0.05, 0.1) is 0 Å². The smallest absolute Gasteiger partial charge is 0.226 e. The largest absolute Gasteiger partial charge is 0.439 e. The number of benzene rings is 2. The summed E-state index contributed by atoms with van der Waals surface area (Å²) in [6.07, 6.45) is 3.57. The van der Waals surface area contributed by atoms with Crippen LogP contribution < -0.4 is 10.1 Å². The second-order valence-electron chi connectivity index (χ2n) is 7.10. The molecule has 0 aliphatic carbocycles. The fourth-order valence-corrected chi connectivity index (χ4v) is 3.36. The number of hydrogen-bond donors (Lipinski definition) is 1. The maximum Gasteiger partial charge on any atom is 0.226 e. The number of halogens is 2. The van der Waals surface area contributed by atoms with Crippen LogP contribution in [0.25, 0.3) is 0 Å². The van der Waals surface area contributed by atoms with Gasteiger partial charge in [0, 0.05) is 37.9 Å². The molecule has 0 spiro atoms. The second kappa shape index (κ2) is 8.96. The number of nitrogens with zero attached hydrogens (tertiary/aromatic N) is 3. The Morgan fingerprint density at radius 1 is 0.931 bits per heavy atom. The van der Waals surface area contributed by atoms with Crippen LogP contribution >= 0.6 is 0 Å². The quantitative estimate of drug-likeness (QED) is 0.659. The molecule has 2 aromatic carbocycles. The number of hydrogen-bond acceptors (Lipinski definition) is 5. The fraction of sp³-hybridized carbons (Fsp3) is 0.273. The predicted molar refractivity (Wildman–Crippen MR) is 107 cm³/mol. The molecule has 0 radical (unpaired) electrons. The zero-order chi connectivity index (χ0) is 20.1. The number of ether oxygens (including phenoxy) is 1. The SMILES string of the molecule is Fc1ccc(CN2CCC(Nc3nccc(Oc4ccc(F)cc4)n3)CC2)cc1. The van der Waals surface area contributed by atoms with Crippen molar-refractivity contribution < 1.29 is 13.5 Å². The molecule has 0 atom stereocenters. The number of nitrogens with one attached hydrogen (secondary N) is 1. The maximum atomic E-state index is 13.0. The van der Waals surface area contributed by atoms with Crippen LogP contribution in [0.1, 0.15) is 18.4 Å². The van der Waals surface area contributed by atoms with Crippen molar-refractivity contribution in [2.45, 2.75) is 25.4 Å². The average Bonchev–Trinajstić information content (AvgIpc) is 2.73. The minimum atomic E-state index is -0.312. The molecule has 7 heteroatoms. The van der Waals surface area contributed by atoms with E-state index < -0.39 is 0 Å². The summed E-state index contributed by atoms with van der Waals surface area (Å²) in [7, 11) is 0. The number of anilines is 1. The third-order valence-electron chi connectivity index (χ3n) is 4.91. The summed E-state index contributed by atoms with van der Waals surface area (Å²) in [5.74, 6) is 0.921. The lowest BCUT2D eigenvalue weighted by Crippen LogP contribution is -2.38.